The van der Waals surface area contributed by atoms with Crippen molar-refractivity contribution in [3.63, 3.8) is 0 Å². The van der Waals surface area contributed by atoms with Crippen LogP contribution in [-0.2, 0) is 65.4 Å². The van der Waals surface area contributed by atoms with Crippen LogP contribution in [0.15, 0.2) is 0 Å². The molecule has 0 amide bonds. The van der Waals surface area contributed by atoms with Crippen molar-refractivity contribution < 1.29 is 80.2 Å². The molecule has 0 saturated carbocycles. The molecule has 0 fully saturated rings. The number of aliphatic hydroxyl groups excluding tert-OH is 1. The molecule has 0 spiro atoms. The number of phosphoric ester groups is 2. The summed E-state index contributed by atoms with van der Waals surface area (Å²) >= 11 is 0. The SMILES string of the molecule is CCC(C)CCCCCCCCCCC(=O)OC[C@H](COP(=O)(O)OCC(O)COP(=O)(O)OC[C@@H](COC(=O)CCCCCCCCCC(C)C)OC(=O)CCCCCCCCCCCCCCCCCC(C)C)OC(=O)CCCCCCCCCCCCCCCCCC(C)C. The molecule has 0 bridgehead atoms. The van der Waals surface area contributed by atoms with Crippen LogP contribution in [-0.4, -0.2) is 96.7 Å². The minimum absolute atomic E-state index is 0.107. The van der Waals surface area contributed by atoms with Crippen LogP contribution in [0.4, 0.5) is 0 Å². The van der Waals surface area contributed by atoms with Crippen LogP contribution in [0.25, 0.3) is 0 Å². The second-order valence-corrected chi connectivity index (χ2v) is 33.0. The van der Waals surface area contributed by atoms with Gasteiger partial charge >= 0.3 is 39.5 Å². The van der Waals surface area contributed by atoms with Gasteiger partial charge in [0.05, 0.1) is 26.4 Å². The molecule has 0 saturated heterocycles. The second-order valence-electron chi connectivity index (χ2n) is 30.1. The zero-order chi connectivity index (χ0) is 72.4. The Hall–Kier alpha value is -1.94. The monoisotopic (exact) mass is 1440 g/mol. The summed E-state index contributed by atoms with van der Waals surface area (Å²) < 4.78 is 68.6. The van der Waals surface area contributed by atoms with Gasteiger partial charge in [0.1, 0.15) is 19.3 Å². The van der Waals surface area contributed by atoms with Gasteiger partial charge in [0.2, 0.25) is 0 Å². The Labute approximate surface area is 600 Å². The van der Waals surface area contributed by atoms with Crippen LogP contribution >= 0.6 is 15.6 Å². The van der Waals surface area contributed by atoms with E-state index in [4.69, 9.17) is 37.0 Å². The van der Waals surface area contributed by atoms with Crippen LogP contribution in [0, 0.1) is 23.7 Å². The summed E-state index contributed by atoms with van der Waals surface area (Å²) in [4.78, 5) is 72.9. The average molecular weight is 1440 g/mol. The highest BCUT2D eigenvalue weighted by atomic mass is 31.2. The van der Waals surface area contributed by atoms with E-state index in [-0.39, 0.29) is 25.7 Å². The number of carbonyl (C=O) groups excluding carboxylic acids is 4. The molecule has 0 radical (unpaired) electrons. The summed E-state index contributed by atoms with van der Waals surface area (Å²) in [6.45, 7) is 14.2. The zero-order valence-corrected chi connectivity index (χ0v) is 66.2. The van der Waals surface area contributed by atoms with Crippen molar-refractivity contribution in [1.29, 1.82) is 0 Å². The van der Waals surface area contributed by atoms with Gasteiger partial charge in [-0.3, -0.25) is 37.3 Å². The lowest BCUT2D eigenvalue weighted by atomic mass is 9.99. The molecule has 0 aliphatic heterocycles. The maximum Gasteiger partial charge on any atom is 0.472 e. The number of phosphoric acid groups is 2. The summed E-state index contributed by atoms with van der Waals surface area (Å²) in [5.41, 5.74) is 0. The molecule has 0 heterocycles. The first kappa shape index (κ1) is 96.1. The molecule has 582 valence electrons. The van der Waals surface area contributed by atoms with E-state index in [1.165, 1.54) is 199 Å². The van der Waals surface area contributed by atoms with Crippen molar-refractivity contribution in [2.75, 3.05) is 39.6 Å². The van der Waals surface area contributed by atoms with Crippen LogP contribution in [0.3, 0.4) is 0 Å². The van der Waals surface area contributed by atoms with Crippen molar-refractivity contribution >= 4 is 39.5 Å². The fraction of sp³-hybridized carbons (Fsp3) is 0.949. The number of esters is 4. The first-order chi connectivity index (χ1) is 47.1. The molecule has 98 heavy (non-hydrogen) atoms. The first-order valence-corrected chi connectivity index (χ1v) is 43.7. The zero-order valence-electron chi connectivity index (χ0n) is 64.4. The van der Waals surface area contributed by atoms with E-state index in [9.17, 15) is 43.2 Å². The molecule has 17 nitrogen and oxygen atoms in total. The third kappa shape index (κ3) is 71.1. The van der Waals surface area contributed by atoms with E-state index in [2.05, 4.69) is 55.4 Å². The molecule has 3 N–H and O–H groups in total. The number of hydrogen-bond acceptors (Lipinski definition) is 15. The predicted molar refractivity (Wildman–Crippen MR) is 400 cm³/mol. The van der Waals surface area contributed by atoms with Gasteiger partial charge in [-0.05, 0) is 49.4 Å². The molecule has 0 aromatic rings. The van der Waals surface area contributed by atoms with Crippen LogP contribution in [0.1, 0.15) is 402 Å². The van der Waals surface area contributed by atoms with E-state index in [1.807, 2.05) is 0 Å². The fourth-order valence-electron chi connectivity index (χ4n) is 12.0. The van der Waals surface area contributed by atoms with Crippen molar-refractivity contribution in [3.8, 4) is 0 Å². The van der Waals surface area contributed by atoms with Crippen LogP contribution < -0.4 is 0 Å². The van der Waals surface area contributed by atoms with Crippen molar-refractivity contribution in [2.24, 2.45) is 23.7 Å². The Morgan fingerprint density at radius 3 is 0.724 bits per heavy atom. The molecular formula is C79H154O17P2. The van der Waals surface area contributed by atoms with Crippen molar-refractivity contribution in [2.45, 2.75) is 420 Å². The topological polar surface area (TPSA) is 237 Å². The Balaban J connectivity index is 5.23. The highest BCUT2D eigenvalue weighted by Gasteiger charge is 2.30. The van der Waals surface area contributed by atoms with Gasteiger partial charge in [0, 0.05) is 25.7 Å². The Morgan fingerprint density at radius 1 is 0.286 bits per heavy atom. The molecular weight excluding hydrogens is 1280 g/mol. The highest BCUT2D eigenvalue weighted by Crippen LogP contribution is 2.45. The Bertz CT molecular complexity index is 1920. The minimum Gasteiger partial charge on any atom is -0.462 e. The number of ether oxygens (including phenoxy) is 4. The Morgan fingerprint density at radius 2 is 0.490 bits per heavy atom. The van der Waals surface area contributed by atoms with Gasteiger partial charge < -0.3 is 33.8 Å². The van der Waals surface area contributed by atoms with Gasteiger partial charge in [-0.15, -0.1) is 0 Å². The van der Waals surface area contributed by atoms with Gasteiger partial charge in [-0.1, -0.05) is 351 Å². The predicted octanol–water partition coefficient (Wildman–Crippen LogP) is 23.2. The lowest BCUT2D eigenvalue weighted by molar-refractivity contribution is -0.161. The Kier molecular flexibility index (Phi) is 66.8. The molecule has 0 rings (SSSR count). The summed E-state index contributed by atoms with van der Waals surface area (Å²) in [6.07, 6.45) is 54.1. The molecule has 0 aromatic carbocycles. The largest absolute Gasteiger partial charge is 0.472 e. The fourth-order valence-corrected chi connectivity index (χ4v) is 13.6. The standard InChI is InChI=1S/C79H154O17P2/c1-9-72(8)58-50-42-34-28-29-35-43-51-59-76(81)89-65-74(95-78(83)61-53-45-36-26-22-18-14-10-12-16-20-24-31-39-47-55-69(2)3)67-93-97(85,86)91-63-73(80)64-92-98(87,88)94-68-75(66-90-77(82)60-52-44-38-30-33-41-49-57-71(6)7)96-79(84)62-54-46-37-27-23-19-15-11-13-17-21-25-32-40-48-56-70(4)5/h69-75,80H,9-68H2,1-8H3,(H,85,86)(H,87,88)/t72?,73?,74-,75-/m1/s1. The summed E-state index contributed by atoms with van der Waals surface area (Å²) in [5.74, 6) is 0.970. The first-order valence-electron chi connectivity index (χ1n) is 40.7. The normalized spacial score (nSPS) is 14.3. The van der Waals surface area contributed by atoms with E-state index in [0.717, 1.165) is 114 Å². The lowest BCUT2D eigenvalue weighted by Crippen LogP contribution is -2.30. The second kappa shape index (κ2) is 68.2. The quantitative estimate of drug-likeness (QED) is 0.0222. The van der Waals surface area contributed by atoms with Gasteiger partial charge in [0.15, 0.2) is 12.2 Å². The number of rotatable bonds is 76. The number of unbranched alkanes of at least 4 members (excludes halogenated alkanes) is 41. The van der Waals surface area contributed by atoms with Crippen molar-refractivity contribution in [3.05, 3.63) is 0 Å². The molecule has 4 unspecified atom stereocenters. The van der Waals surface area contributed by atoms with Crippen molar-refractivity contribution in [1.82, 2.24) is 0 Å². The van der Waals surface area contributed by atoms with E-state index < -0.39 is 97.5 Å². The minimum atomic E-state index is -4.96. The summed E-state index contributed by atoms with van der Waals surface area (Å²) in [7, 11) is -9.92. The molecule has 0 aliphatic rings. The van der Waals surface area contributed by atoms with Gasteiger partial charge in [0.25, 0.3) is 0 Å². The average Bonchev–Trinajstić information content (AvgIpc) is 1.08. The van der Waals surface area contributed by atoms with E-state index in [0.29, 0.717) is 31.6 Å². The van der Waals surface area contributed by atoms with Gasteiger partial charge in [-0.2, -0.15) is 0 Å². The third-order valence-electron chi connectivity index (χ3n) is 18.7. The van der Waals surface area contributed by atoms with E-state index >= 15 is 0 Å². The summed E-state index contributed by atoms with van der Waals surface area (Å²) in [6, 6.07) is 0. The number of hydrogen-bond donors (Lipinski definition) is 3. The molecule has 0 aromatic heterocycles. The van der Waals surface area contributed by atoms with Crippen LogP contribution in [0.2, 0.25) is 0 Å². The van der Waals surface area contributed by atoms with Gasteiger partial charge in [-0.25, -0.2) is 9.13 Å². The lowest BCUT2D eigenvalue weighted by Gasteiger charge is -2.21. The third-order valence-corrected chi connectivity index (χ3v) is 20.6. The maximum absolute atomic E-state index is 13.1. The highest BCUT2D eigenvalue weighted by molar-refractivity contribution is 7.47. The summed E-state index contributed by atoms with van der Waals surface area (Å²) in [5, 5.41) is 10.6. The maximum atomic E-state index is 13.1. The number of aliphatic hydroxyl groups is 1. The molecule has 0 aliphatic carbocycles. The van der Waals surface area contributed by atoms with E-state index in [1.54, 1.807) is 0 Å². The van der Waals surface area contributed by atoms with Crippen LogP contribution in [0.5, 0.6) is 0 Å². The molecule has 19 heteroatoms. The smallest absolute Gasteiger partial charge is 0.462 e. The number of carbonyl (C=O) groups is 4. The molecule has 6 atom stereocenters.